The number of carbonyl (C=O) groups is 1. The number of para-hydroxylation sites is 1. The lowest BCUT2D eigenvalue weighted by Gasteiger charge is -2.28. The molecule has 1 unspecified atom stereocenters. The van der Waals surface area contributed by atoms with Crippen molar-refractivity contribution in [1.82, 2.24) is 34.3 Å². The van der Waals surface area contributed by atoms with Gasteiger partial charge in [-0.2, -0.15) is 4.98 Å². The van der Waals surface area contributed by atoms with Gasteiger partial charge in [-0.3, -0.25) is 14.8 Å². The van der Waals surface area contributed by atoms with Crippen LogP contribution in [0.4, 0.5) is 5.95 Å². The molecule has 0 spiro atoms. The van der Waals surface area contributed by atoms with Crippen molar-refractivity contribution in [2.75, 3.05) is 12.4 Å². The first kappa shape index (κ1) is 26.1. The van der Waals surface area contributed by atoms with Crippen LogP contribution in [0.15, 0.2) is 79.1 Å². The summed E-state index contributed by atoms with van der Waals surface area (Å²) in [6.07, 6.45) is 1.54. The topological polar surface area (TPSA) is 133 Å². The van der Waals surface area contributed by atoms with Crippen LogP contribution in [0.3, 0.4) is 0 Å². The van der Waals surface area contributed by atoms with Crippen LogP contribution in [0.5, 0.6) is 5.88 Å². The summed E-state index contributed by atoms with van der Waals surface area (Å²) in [4.78, 5) is 31.7. The van der Waals surface area contributed by atoms with Crippen molar-refractivity contribution in [3.8, 4) is 5.88 Å². The molecule has 0 radical (unpaired) electrons. The number of pyridine rings is 2. The number of rotatable bonds is 8. The molecular weight excluding hydrogens is 520 g/mol. The number of nitrogens with zero attached hydrogens (tertiary/aromatic N) is 7. The highest BCUT2D eigenvalue weighted by Gasteiger charge is 2.41. The highest BCUT2D eigenvalue weighted by molar-refractivity contribution is 6.06. The maximum atomic E-state index is 13.3. The van der Waals surface area contributed by atoms with Gasteiger partial charge in [-0.25, -0.2) is 15.0 Å². The van der Waals surface area contributed by atoms with E-state index in [1.165, 1.54) is 13.4 Å². The smallest absolute Gasteiger partial charge is 0.263 e. The lowest BCUT2D eigenvalue weighted by molar-refractivity contribution is 0.102. The fraction of sp³-hybridized carbons (Fsp3) is 0.200. The molecule has 0 saturated carbocycles. The number of amides is 1. The van der Waals surface area contributed by atoms with Crippen LogP contribution >= 0.6 is 0 Å². The zero-order valence-electron chi connectivity index (χ0n) is 22.8. The maximum Gasteiger partial charge on any atom is 0.263 e. The van der Waals surface area contributed by atoms with E-state index in [1.54, 1.807) is 10.7 Å². The lowest BCUT2D eigenvalue weighted by atomic mass is 9.88. The minimum Gasteiger partial charge on any atom is -0.480 e. The Hall–Kier alpha value is -5.16. The summed E-state index contributed by atoms with van der Waals surface area (Å²) in [5, 5.41) is 20.5. The summed E-state index contributed by atoms with van der Waals surface area (Å²) in [6.45, 7) is 4.92. The minimum absolute atomic E-state index is 0.0873. The second kappa shape index (κ2) is 10.4. The average Bonchev–Trinajstić information content (AvgIpc) is 3.63. The fourth-order valence-corrected chi connectivity index (χ4v) is 4.96. The highest BCUT2D eigenvalue weighted by Crippen LogP contribution is 2.38. The Balaban J connectivity index is 1.54. The van der Waals surface area contributed by atoms with E-state index in [0.29, 0.717) is 41.3 Å². The van der Waals surface area contributed by atoms with Crippen LogP contribution < -0.4 is 10.1 Å². The molecule has 11 heteroatoms. The van der Waals surface area contributed by atoms with Crippen LogP contribution in [0.2, 0.25) is 0 Å². The largest absolute Gasteiger partial charge is 0.480 e. The van der Waals surface area contributed by atoms with E-state index in [1.807, 2.05) is 85.1 Å². The van der Waals surface area contributed by atoms with Gasteiger partial charge in [0.1, 0.15) is 11.9 Å². The Kier molecular flexibility index (Phi) is 6.64. The number of anilines is 1. The maximum absolute atomic E-state index is 13.3. The van der Waals surface area contributed by atoms with Crippen molar-refractivity contribution in [3.63, 3.8) is 0 Å². The van der Waals surface area contributed by atoms with E-state index in [2.05, 4.69) is 20.4 Å². The molecule has 11 nitrogen and oxygen atoms in total. The Morgan fingerprint density at radius 3 is 2.49 bits per heavy atom. The van der Waals surface area contributed by atoms with Gasteiger partial charge in [0, 0.05) is 18.5 Å². The van der Waals surface area contributed by atoms with Crippen molar-refractivity contribution in [2.24, 2.45) is 0 Å². The molecule has 4 aromatic heterocycles. The third-order valence-corrected chi connectivity index (χ3v) is 7.03. The summed E-state index contributed by atoms with van der Waals surface area (Å²) in [6, 6.07) is 22.4. The van der Waals surface area contributed by atoms with Crippen LogP contribution in [0.1, 0.15) is 41.3 Å². The number of fused-ring (bicyclic) bond motifs is 2. The normalized spacial score (nSPS) is 12.9. The first-order valence-corrected chi connectivity index (χ1v) is 13.3. The predicted octanol–water partition coefficient (Wildman–Crippen LogP) is 4.16. The van der Waals surface area contributed by atoms with Crippen LogP contribution in [-0.4, -0.2) is 52.4 Å². The van der Waals surface area contributed by atoms with Gasteiger partial charge in [-0.05, 0) is 37.6 Å². The van der Waals surface area contributed by atoms with E-state index in [-0.39, 0.29) is 17.4 Å². The number of imidazole rings is 1. The summed E-state index contributed by atoms with van der Waals surface area (Å²) in [5.41, 5.74) is 1.08. The number of aromatic nitrogens is 7. The first-order valence-electron chi connectivity index (χ1n) is 13.3. The van der Waals surface area contributed by atoms with E-state index < -0.39 is 11.5 Å². The summed E-state index contributed by atoms with van der Waals surface area (Å²) >= 11 is 0. The summed E-state index contributed by atoms with van der Waals surface area (Å²) in [7, 11) is 1.44. The molecule has 0 bridgehead atoms. The molecule has 0 saturated heterocycles. The van der Waals surface area contributed by atoms with Gasteiger partial charge < -0.3 is 14.4 Å². The van der Waals surface area contributed by atoms with Gasteiger partial charge in [-0.1, -0.05) is 54.6 Å². The van der Waals surface area contributed by atoms with Crippen molar-refractivity contribution in [3.05, 3.63) is 102 Å². The molecule has 0 aliphatic carbocycles. The monoisotopic (exact) mass is 548 g/mol. The molecule has 6 rings (SSSR count). The molecule has 2 N–H and O–H groups in total. The molecule has 206 valence electrons. The molecule has 41 heavy (non-hydrogen) atoms. The number of aryl methyl sites for hydroxylation is 2. The van der Waals surface area contributed by atoms with Crippen molar-refractivity contribution >= 4 is 33.9 Å². The molecule has 2 aromatic carbocycles. The van der Waals surface area contributed by atoms with E-state index >= 15 is 0 Å². The van der Waals surface area contributed by atoms with Gasteiger partial charge in [0.2, 0.25) is 11.8 Å². The number of hydrogen-bond donors (Lipinski definition) is 2. The molecule has 0 aliphatic heterocycles. The number of benzene rings is 2. The Morgan fingerprint density at radius 2 is 1.76 bits per heavy atom. The number of ether oxygens (including phenoxy) is 1. The Bertz CT molecular complexity index is 1880. The number of aliphatic hydroxyl groups is 1. The number of nitrogens with one attached hydrogen (secondary N) is 1. The number of hydrogen-bond acceptors (Lipinski definition) is 8. The molecular formula is C30H28N8O3. The van der Waals surface area contributed by atoms with E-state index in [0.717, 1.165) is 10.9 Å². The third-order valence-electron chi connectivity index (χ3n) is 7.03. The molecule has 1 atom stereocenters. The van der Waals surface area contributed by atoms with E-state index in [4.69, 9.17) is 14.7 Å². The second-order valence-corrected chi connectivity index (χ2v) is 9.41. The molecule has 4 heterocycles. The van der Waals surface area contributed by atoms with E-state index in [9.17, 15) is 9.90 Å². The Labute approximate surface area is 235 Å². The standard InChI is InChI=1S/C30H28N8O3/c1-4-37-18-31-29(36-37)35-26(39)21-17-23-25(33-27(21)41-3)34-28(38(23)5-2)30(40,20-12-7-6-8-13-20)24-16-15-19-11-9-10-14-22(19)32-24/h6-18,40H,4-5H2,1-3H3,(H,35,36,39). The lowest BCUT2D eigenvalue weighted by Crippen LogP contribution is -2.33. The first-order chi connectivity index (χ1) is 20.0. The Morgan fingerprint density at radius 1 is 0.976 bits per heavy atom. The van der Waals surface area contributed by atoms with Crippen molar-refractivity contribution < 1.29 is 14.6 Å². The van der Waals surface area contributed by atoms with Gasteiger partial charge in [0.05, 0.1) is 23.8 Å². The number of carbonyl (C=O) groups excluding carboxylic acids is 1. The molecule has 0 fully saturated rings. The van der Waals surface area contributed by atoms with Gasteiger partial charge in [-0.15, -0.1) is 5.10 Å². The van der Waals surface area contributed by atoms with Crippen LogP contribution in [0, 0.1) is 0 Å². The van der Waals surface area contributed by atoms with Crippen LogP contribution in [0.25, 0.3) is 22.1 Å². The summed E-state index contributed by atoms with van der Waals surface area (Å²) in [5.74, 6) is 0.0956. The highest BCUT2D eigenvalue weighted by atomic mass is 16.5. The molecule has 1 amide bonds. The third kappa shape index (κ3) is 4.45. The minimum atomic E-state index is -1.73. The number of methoxy groups -OCH3 is 1. The average molecular weight is 549 g/mol. The fourth-order valence-electron chi connectivity index (χ4n) is 4.96. The molecule has 6 aromatic rings. The van der Waals surface area contributed by atoms with Gasteiger partial charge >= 0.3 is 0 Å². The SMILES string of the molecule is CCn1cnc(NC(=O)c2cc3c(nc2OC)nc(C(O)(c2ccccc2)c2ccc4ccccc4n2)n3CC)n1. The second-order valence-electron chi connectivity index (χ2n) is 9.41. The molecule has 0 aliphatic rings. The van der Waals surface area contributed by atoms with Gasteiger partial charge in [0.15, 0.2) is 17.1 Å². The van der Waals surface area contributed by atoms with Gasteiger partial charge in [0.25, 0.3) is 5.91 Å². The predicted molar refractivity (Wildman–Crippen MR) is 154 cm³/mol. The van der Waals surface area contributed by atoms with Crippen molar-refractivity contribution in [2.45, 2.75) is 32.5 Å². The summed E-state index contributed by atoms with van der Waals surface area (Å²) < 4.78 is 8.93. The van der Waals surface area contributed by atoms with Crippen molar-refractivity contribution in [1.29, 1.82) is 0 Å². The quantitative estimate of drug-likeness (QED) is 0.290. The zero-order valence-corrected chi connectivity index (χ0v) is 22.8. The zero-order chi connectivity index (χ0) is 28.6. The van der Waals surface area contributed by atoms with Crippen LogP contribution in [-0.2, 0) is 18.7 Å².